The standard InChI is InChI=1S/C22H24N4OS/c23-19-6-5-16-12-26(13-18(16)19)22(27)15-3-1-14(2-4-15)11-25-20-7-9-24-21-17(20)8-10-28-21/h1-4,7-10,16,18-19H,5-6,11-13,23H2,(H,24,25). The largest absolute Gasteiger partial charge is 0.380 e. The fourth-order valence-corrected chi connectivity index (χ4v) is 5.41. The van der Waals surface area contributed by atoms with E-state index in [0.717, 1.165) is 53.0 Å². The number of hydrogen-bond acceptors (Lipinski definition) is 5. The Balaban J connectivity index is 1.23. The van der Waals surface area contributed by atoms with Gasteiger partial charge >= 0.3 is 0 Å². The van der Waals surface area contributed by atoms with Gasteiger partial charge in [-0.3, -0.25) is 4.79 Å². The molecule has 3 N–H and O–H groups in total. The summed E-state index contributed by atoms with van der Waals surface area (Å²) in [5.74, 6) is 1.22. The molecule has 0 bridgehead atoms. The Morgan fingerprint density at radius 1 is 1.18 bits per heavy atom. The van der Waals surface area contributed by atoms with E-state index in [9.17, 15) is 4.79 Å². The van der Waals surface area contributed by atoms with E-state index in [2.05, 4.69) is 21.7 Å². The zero-order valence-electron chi connectivity index (χ0n) is 15.7. The van der Waals surface area contributed by atoms with Crippen molar-refractivity contribution in [2.75, 3.05) is 18.4 Å². The van der Waals surface area contributed by atoms with Crippen molar-refractivity contribution in [3.63, 3.8) is 0 Å². The first-order valence-corrected chi connectivity index (χ1v) is 10.8. The van der Waals surface area contributed by atoms with Crippen LogP contribution in [0.1, 0.15) is 28.8 Å². The number of thiophene rings is 1. The van der Waals surface area contributed by atoms with Gasteiger partial charge in [-0.2, -0.15) is 0 Å². The molecule has 2 fully saturated rings. The summed E-state index contributed by atoms with van der Waals surface area (Å²) >= 11 is 1.65. The van der Waals surface area contributed by atoms with Gasteiger partial charge in [-0.15, -0.1) is 11.3 Å². The number of hydrogen-bond donors (Lipinski definition) is 2. The molecule has 2 aliphatic rings. The summed E-state index contributed by atoms with van der Waals surface area (Å²) in [5, 5.41) is 6.69. The van der Waals surface area contributed by atoms with E-state index in [1.807, 2.05) is 41.4 Å². The summed E-state index contributed by atoms with van der Waals surface area (Å²) in [6.07, 6.45) is 4.10. The van der Waals surface area contributed by atoms with Gasteiger partial charge in [-0.1, -0.05) is 12.1 Å². The van der Waals surface area contributed by atoms with Crippen LogP contribution < -0.4 is 11.1 Å². The Bertz CT molecular complexity index is 999. The minimum Gasteiger partial charge on any atom is -0.380 e. The van der Waals surface area contributed by atoms with E-state index in [-0.39, 0.29) is 11.9 Å². The molecule has 1 amide bonds. The van der Waals surface area contributed by atoms with Crippen LogP contribution in [-0.2, 0) is 6.54 Å². The van der Waals surface area contributed by atoms with Gasteiger partial charge in [-0.25, -0.2) is 4.98 Å². The molecule has 2 aromatic heterocycles. The molecule has 0 spiro atoms. The van der Waals surface area contributed by atoms with E-state index in [0.29, 0.717) is 18.4 Å². The number of fused-ring (bicyclic) bond motifs is 2. The molecule has 3 unspecified atom stereocenters. The van der Waals surface area contributed by atoms with Crippen molar-refractivity contribution in [3.05, 3.63) is 59.1 Å². The molecule has 1 saturated heterocycles. The molecule has 28 heavy (non-hydrogen) atoms. The van der Waals surface area contributed by atoms with Gasteiger partial charge < -0.3 is 16.0 Å². The molecule has 3 heterocycles. The summed E-state index contributed by atoms with van der Waals surface area (Å²) in [7, 11) is 0. The second-order valence-electron chi connectivity index (χ2n) is 7.92. The third-order valence-corrected chi connectivity index (χ3v) is 7.07. The number of nitrogens with zero attached hydrogens (tertiary/aromatic N) is 2. The van der Waals surface area contributed by atoms with Crippen molar-refractivity contribution in [2.45, 2.75) is 25.4 Å². The molecule has 1 aliphatic carbocycles. The zero-order valence-corrected chi connectivity index (χ0v) is 16.5. The summed E-state index contributed by atoms with van der Waals surface area (Å²) in [6, 6.07) is 12.3. The predicted octanol–water partition coefficient (Wildman–Crippen LogP) is 3.72. The smallest absolute Gasteiger partial charge is 0.253 e. The number of aromatic nitrogens is 1. The first-order chi connectivity index (χ1) is 13.7. The maximum Gasteiger partial charge on any atom is 0.253 e. The molecular formula is C22H24N4OS. The SMILES string of the molecule is NC1CCC2CN(C(=O)c3ccc(CNc4ccnc5sccc45)cc3)CC12. The molecule has 3 atom stereocenters. The van der Waals surface area contributed by atoms with E-state index in [4.69, 9.17) is 5.73 Å². The monoisotopic (exact) mass is 392 g/mol. The van der Waals surface area contributed by atoms with Crippen LogP contribution >= 0.6 is 11.3 Å². The highest BCUT2D eigenvalue weighted by molar-refractivity contribution is 7.16. The van der Waals surface area contributed by atoms with Crippen LogP contribution in [0.25, 0.3) is 10.2 Å². The maximum atomic E-state index is 12.9. The van der Waals surface area contributed by atoms with E-state index in [1.165, 1.54) is 0 Å². The Labute approximate surface area is 168 Å². The number of pyridine rings is 1. The summed E-state index contributed by atoms with van der Waals surface area (Å²) in [4.78, 5) is 20.3. The number of carbonyl (C=O) groups is 1. The van der Waals surface area contributed by atoms with Crippen LogP contribution in [-0.4, -0.2) is 34.9 Å². The van der Waals surface area contributed by atoms with Crippen molar-refractivity contribution in [2.24, 2.45) is 17.6 Å². The quantitative estimate of drug-likeness (QED) is 0.710. The summed E-state index contributed by atoms with van der Waals surface area (Å²) in [6.45, 7) is 2.39. The van der Waals surface area contributed by atoms with Gasteiger partial charge in [0.05, 0.1) is 0 Å². The van der Waals surface area contributed by atoms with E-state index in [1.54, 1.807) is 11.3 Å². The Kier molecular flexibility index (Phi) is 4.53. The molecule has 144 valence electrons. The van der Waals surface area contributed by atoms with E-state index >= 15 is 0 Å². The van der Waals surface area contributed by atoms with Gasteiger partial charge in [0.25, 0.3) is 5.91 Å². The van der Waals surface area contributed by atoms with E-state index < -0.39 is 0 Å². The molecule has 5 nitrogen and oxygen atoms in total. The van der Waals surface area contributed by atoms with Crippen molar-refractivity contribution in [1.82, 2.24) is 9.88 Å². The third-order valence-electron chi connectivity index (χ3n) is 6.25. The molecule has 3 aromatic rings. The minimum atomic E-state index is 0.134. The van der Waals surface area contributed by atoms with Gasteiger partial charge in [0.2, 0.25) is 0 Å². The molecule has 0 radical (unpaired) electrons. The molecule has 1 aromatic carbocycles. The van der Waals surface area contributed by atoms with Gasteiger partial charge in [0.1, 0.15) is 4.83 Å². The zero-order chi connectivity index (χ0) is 19.1. The topological polar surface area (TPSA) is 71.2 Å². The van der Waals surface area contributed by atoms with Crippen LogP contribution in [0.15, 0.2) is 48.0 Å². The van der Waals surface area contributed by atoms with Gasteiger partial charge in [0, 0.05) is 48.5 Å². The van der Waals surface area contributed by atoms with Crippen molar-refractivity contribution in [1.29, 1.82) is 0 Å². The number of anilines is 1. The first-order valence-electron chi connectivity index (χ1n) is 9.89. The Morgan fingerprint density at radius 2 is 2.04 bits per heavy atom. The van der Waals surface area contributed by atoms with Crippen LogP contribution in [0.2, 0.25) is 0 Å². The third kappa shape index (κ3) is 3.16. The average Bonchev–Trinajstić information content (AvgIpc) is 3.44. The first kappa shape index (κ1) is 17.6. The number of carbonyl (C=O) groups excluding carboxylic acids is 1. The lowest BCUT2D eigenvalue weighted by molar-refractivity contribution is 0.0779. The highest BCUT2D eigenvalue weighted by Gasteiger charge is 2.42. The number of likely N-dealkylation sites (tertiary alicyclic amines) is 1. The Morgan fingerprint density at radius 3 is 2.86 bits per heavy atom. The fraction of sp³-hybridized carbons (Fsp3) is 0.364. The second kappa shape index (κ2) is 7.18. The van der Waals surface area contributed by atoms with Crippen LogP contribution in [0.3, 0.4) is 0 Å². The fourth-order valence-electron chi connectivity index (χ4n) is 4.65. The molecule has 6 heteroatoms. The molecule has 1 aliphatic heterocycles. The van der Waals surface area contributed by atoms with Gasteiger partial charge in [-0.05, 0) is 59.9 Å². The lowest BCUT2D eigenvalue weighted by Crippen LogP contribution is -2.33. The van der Waals surface area contributed by atoms with Crippen LogP contribution in [0.4, 0.5) is 5.69 Å². The van der Waals surface area contributed by atoms with Crippen molar-refractivity contribution < 1.29 is 4.79 Å². The number of nitrogens with two attached hydrogens (primary N) is 1. The van der Waals surface area contributed by atoms with Gasteiger partial charge in [0.15, 0.2) is 0 Å². The predicted molar refractivity (Wildman–Crippen MR) is 113 cm³/mol. The highest BCUT2D eigenvalue weighted by atomic mass is 32.1. The number of amides is 1. The van der Waals surface area contributed by atoms with Crippen molar-refractivity contribution >= 4 is 33.1 Å². The lowest BCUT2D eigenvalue weighted by atomic mass is 9.98. The highest BCUT2D eigenvalue weighted by Crippen LogP contribution is 2.37. The second-order valence-corrected chi connectivity index (χ2v) is 8.82. The van der Waals surface area contributed by atoms with Crippen LogP contribution in [0.5, 0.6) is 0 Å². The Hall–Kier alpha value is -2.44. The lowest BCUT2D eigenvalue weighted by Gasteiger charge is -2.19. The molecule has 5 rings (SSSR count). The normalized spacial score (nSPS) is 23.9. The molecule has 1 saturated carbocycles. The van der Waals surface area contributed by atoms with Crippen LogP contribution in [0, 0.1) is 11.8 Å². The summed E-state index contributed by atoms with van der Waals surface area (Å²) in [5.41, 5.74) is 9.21. The number of benzene rings is 1. The average molecular weight is 393 g/mol. The minimum absolute atomic E-state index is 0.134. The summed E-state index contributed by atoms with van der Waals surface area (Å²) < 4.78 is 0. The number of nitrogens with one attached hydrogen (secondary N) is 1. The van der Waals surface area contributed by atoms with Crippen molar-refractivity contribution in [3.8, 4) is 0 Å². The molecular weight excluding hydrogens is 368 g/mol. The number of rotatable bonds is 4. The maximum absolute atomic E-state index is 12.9.